The van der Waals surface area contributed by atoms with Crippen molar-refractivity contribution in [2.45, 2.75) is 25.7 Å². The molecule has 7 heteroatoms. The Kier molecular flexibility index (Phi) is 4.16. The smallest absolute Gasteiger partial charge is 0.243 e. The molecule has 1 aliphatic rings. The molecule has 0 aliphatic heterocycles. The molecule has 1 heterocycles. The minimum atomic E-state index is -0.474. The number of nitrogens with zero attached hydrogens (tertiary/aromatic N) is 2. The van der Waals surface area contributed by atoms with Gasteiger partial charge in [0, 0.05) is 18.0 Å². The van der Waals surface area contributed by atoms with E-state index in [9.17, 15) is 4.79 Å². The molecule has 0 radical (unpaired) electrons. The number of anilines is 2. The normalized spacial score (nSPS) is 14.4. The average Bonchev–Trinajstić information content (AvgIpc) is 3.17. The van der Waals surface area contributed by atoms with Gasteiger partial charge in [-0.2, -0.15) is 0 Å². The van der Waals surface area contributed by atoms with Gasteiger partial charge in [0.05, 0.1) is 6.61 Å². The minimum absolute atomic E-state index is 0.0695. The number of carbonyl (C=O) groups is 1. The van der Waals surface area contributed by atoms with E-state index in [1.807, 2.05) is 6.92 Å². The highest BCUT2D eigenvalue weighted by atomic mass is 16.5. The van der Waals surface area contributed by atoms with Crippen molar-refractivity contribution in [3.8, 4) is 0 Å². The summed E-state index contributed by atoms with van der Waals surface area (Å²) in [6, 6.07) is 0. The molecular weight excluding hydrogens is 246 g/mol. The Balaban J connectivity index is 1.89. The van der Waals surface area contributed by atoms with Gasteiger partial charge in [-0.1, -0.05) is 0 Å². The number of nitrogens with one attached hydrogen (secondary N) is 1. The van der Waals surface area contributed by atoms with Crippen LogP contribution in [0.5, 0.6) is 0 Å². The minimum Gasteiger partial charge on any atom is -0.383 e. The molecule has 1 aliphatic carbocycles. The number of hydrogen-bond acceptors (Lipinski definition) is 6. The summed E-state index contributed by atoms with van der Waals surface area (Å²) in [4.78, 5) is 19.3. The SMILES string of the molecule is Cc1c(N)nc(C2CC2)nc1NCCOCC(N)=O. The van der Waals surface area contributed by atoms with Crippen molar-refractivity contribution < 1.29 is 9.53 Å². The maximum absolute atomic E-state index is 10.5. The molecule has 1 aromatic heterocycles. The van der Waals surface area contributed by atoms with Crippen molar-refractivity contribution >= 4 is 17.5 Å². The first kappa shape index (κ1) is 13.5. The van der Waals surface area contributed by atoms with Crippen molar-refractivity contribution in [1.82, 2.24) is 9.97 Å². The molecule has 0 saturated heterocycles. The van der Waals surface area contributed by atoms with Crippen LogP contribution in [0.2, 0.25) is 0 Å². The maximum Gasteiger partial charge on any atom is 0.243 e. The summed E-state index contributed by atoms with van der Waals surface area (Å²) in [6.45, 7) is 2.72. The van der Waals surface area contributed by atoms with Crippen LogP contribution in [-0.2, 0) is 9.53 Å². The van der Waals surface area contributed by atoms with Crippen LogP contribution in [0.15, 0.2) is 0 Å². The molecule has 0 atom stereocenters. The lowest BCUT2D eigenvalue weighted by Gasteiger charge is -2.11. The lowest BCUT2D eigenvalue weighted by molar-refractivity contribution is -0.122. The number of ether oxygens (including phenoxy) is 1. The summed E-state index contributed by atoms with van der Waals surface area (Å²) in [7, 11) is 0. The van der Waals surface area contributed by atoms with E-state index in [1.165, 1.54) is 0 Å². The number of rotatable bonds is 7. The Morgan fingerprint density at radius 2 is 2.21 bits per heavy atom. The van der Waals surface area contributed by atoms with Crippen molar-refractivity contribution in [2.24, 2.45) is 5.73 Å². The zero-order chi connectivity index (χ0) is 13.8. The third kappa shape index (κ3) is 3.78. The highest BCUT2D eigenvalue weighted by Crippen LogP contribution is 2.39. The van der Waals surface area contributed by atoms with Crippen LogP contribution in [0, 0.1) is 6.92 Å². The van der Waals surface area contributed by atoms with Crippen molar-refractivity contribution in [3.63, 3.8) is 0 Å². The van der Waals surface area contributed by atoms with Gasteiger partial charge in [-0.05, 0) is 19.8 Å². The Morgan fingerprint density at radius 3 is 2.84 bits per heavy atom. The number of amides is 1. The number of aromatic nitrogens is 2. The Hall–Kier alpha value is -1.89. The van der Waals surface area contributed by atoms with E-state index >= 15 is 0 Å². The average molecular weight is 265 g/mol. The van der Waals surface area contributed by atoms with Gasteiger partial charge >= 0.3 is 0 Å². The molecule has 0 bridgehead atoms. The van der Waals surface area contributed by atoms with Gasteiger partial charge in [0.15, 0.2) is 0 Å². The monoisotopic (exact) mass is 265 g/mol. The molecule has 1 saturated carbocycles. The third-order valence-electron chi connectivity index (χ3n) is 2.93. The fraction of sp³-hybridized carbons (Fsp3) is 0.583. The molecule has 2 rings (SSSR count). The fourth-order valence-electron chi connectivity index (χ4n) is 1.66. The van der Waals surface area contributed by atoms with E-state index in [2.05, 4.69) is 15.3 Å². The Labute approximate surface area is 111 Å². The Morgan fingerprint density at radius 1 is 1.47 bits per heavy atom. The molecular formula is C12H19N5O2. The summed E-state index contributed by atoms with van der Waals surface area (Å²) in [5.74, 6) is 2.03. The molecule has 0 aromatic carbocycles. The zero-order valence-electron chi connectivity index (χ0n) is 11.0. The second kappa shape index (κ2) is 5.83. The van der Waals surface area contributed by atoms with Crippen LogP contribution in [0.25, 0.3) is 0 Å². The van der Waals surface area contributed by atoms with Crippen molar-refractivity contribution in [1.29, 1.82) is 0 Å². The topological polar surface area (TPSA) is 116 Å². The van der Waals surface area contributed by atoms with E-state index in [-0.39, 0.29) is 6.61 Å². The summed E-state index contributed by atoms with van der Waals surface area (Å²) >= 11 is 0. The molecule has 1 aromatic rings. The number of primary amides is 1. The summed E-state index contributed by atoms with van der Waals surface area (Å²) in [5.41, 5.74) is 11.7. The molecule has 7 nitrogen and oxygen atoms in total. The fourth-order valence-corrected chi connectivity index (χ4v) is 1.66. The lowest BCUT2D eigenvalue weighted by atomic mass is 10.3. The van der Waals surface area contributed by atoms with E-state index in [1.54, 1.807) is 0 Å². The van der Waals surface area contributed by atoms with Crippen LogP contribution < -0.4 is 16.8 Å². The molecule has 1 fully saturated rings. The first-order chi connectivity index (χ1) is 9.08. The second-order valence-electron chi connectivity index (χ2n) is 4.66. The molecule has 0 spiro atoms. The number of hydrogen-bond donors (Lipinski definition) is 3. The number of nitrogens with two attached hydrogens (primary N) is 2. The predicted octanol–water partition coefficient (Wildman–Crippen LogP) is 0.158. The highest BCUT2D eigenvalue weighted by molar-refractivity contribution is 5.74. The molecule has 5 N–H and O–H groups in total. The van der Waals surface area contributed by atoms with Crippen LogP contribution in [-0.4, -0.2) is 35.6 Å². The second-order valence-corrected chi connectivity index (χ2v) is 4.66. The quantitative estimate of drug-likeness (QED) is 0.605. The van der Waals surface area contributed by atoms with Gasteiger partial charge in [-0.25, -0.2) is 9.97 Å². The van der Waals surface area contributed by atoms with Crippen LogP contribution >= 0.6 is 0 Å². The molecule has 104 valence electrons. The maximum atomic E-state index is 10.5. The van der Waals surface area contributed by atoms with Crippen molar-refractivity contribution in [2.75, 3.05) is 30.8 Å². The predicted molar refractivity (Wildman–Crippen MR) is 71.7 cm³/mol. The van der Waals surface area contributed by atoms with Crippen LogP contribution in [0.1, 0.15) is 30.1 Å². The largest absolute Gasteiger partial charge is 0.383 e. The van der Waals surface area contributed by atoms with Crippen molar-refractivity contribution in [3.05, 3.63) is 11.4 Å². The van der Waals surface area contributed by atoms with E-state index < -0.39 is 5.91 Å². The first-order valence-corrected chi connectivity index (χ1v) is 6.32. The van der Waals surface area contributed by atoms with Gasteiger partial charge in [0.1, 0.15) is 24.1 Å². The van der Waals surface area contributed by atoms with E-state index in [4.69, 9.17) is 16.2 Å². The molecule has 0 unspecified atom stereocenters. The van der Waals surface area contributed by atoms with E-state index in [0.717, 1.165) is 30.0 Å². The zero-order valence-corrected chi connectivity index (χ0v) is 11.0. The van der Waals surface area contributed by atoms with Crippen LogP contribution in [0.4, 0.5) is 11.6 Å². The third-order valence-corrected chi connectivity index (χ3v) is 2.93. The number of carbonyl (C=O) groups excluding carboxylic acids is 1. The molecule has 19 heavy (non-hydrogen) atoms. The lowest BCUT2D eigenvalue weighted by Crippen LogP contribution is -2.21. The van der Waals surface area contributed by atoms with Gasteiger partial charge in [-0.15, -0.1) is 0 Å². The van der Waals surface area contributed by atoms with Gasteiger partial charge in [0.25, 0.3) is 0 Å². The summed E-state index contributed by atoms with van der Waals surface area (Å²) < 4.78 is 5.07. The summed E-state index contributed by atoms with van der Waals surface area (Å²) in [6.07, 6.45) is 2.26. The number of nitrogen functional groups attached to an aromatic ring is 1. The first-order valence-electron chi connectivity index (χ1n) is 6.32. The van der Waals surface area contributed by atoms with Gasteiger partial charge in [-0.3, -0.25) is 4.79 Å². The molecule has 1 amide bonds. The standard InChI is InChI=1S/C12H19N5O2/c1-7-10(14)16-12(8-2-3-8)17-11(7)15-4-5-19-6-9(13)18/h8H,2-6H2,1H3,(H2,13,18)(H3,14,15,16,17). The van der Waals surface area contributed by atoms with Crippen LogP contribution in [0.3, 0.4) is 0 Å². The van der Waals surface area contributed by atoms with E-state index in [0.29, 0.717) is 24.9 Å². The Bertz CT molecular complexity index is 473. The highest BCUT2D eigenvalue weighted by Gasteiger charge is 2.27. The van der Waals surface area contributed by atoms with Gasteiger partial charge in [0.2, 0.25) is 5.91 Å². The van der Waals surface area contributed by atoms with Gasteiger partial charge < -0.3 is 21.5 Å². The summed E-state index contributed by atoms with van der Waals surface area (Å²) in [5, 5.41) is 3.14.